The summed E-state index contributed by atoms with van der Waals surface area (Å²) < 4.78 is 0. The van der Waals surface area contributed by atoms with E-state index in [1.165, 1.54) is 0 Å². The van der Waals surface area contributed by atoms with Crippen molar-refractivity contribution in [3.63, 3.8) is 0 Å². The summed E-state index contributed by atoms with van der Waals surface area (Å²) >= 11 is 0. The number of amides is 1. The molecule has 0 heterocycles. The number of carboxylic acid groups (broad SMARTS) is 1. The highest BCUT2D eigenvalue weighted by Crippen LogP contribution is 1.92. The Hall–Kier alpha value is -3.50. The van der Waals surface area contributed by atoms with E-state index in [-0.39, 0.29) is 12.8 Å². The predicted molar refractivity (Wildman–Crippen MR) is 60.4 cm³/mol. The Kier molecular flexibility index (Phi) is 21.4. The molecule has 22 heavy (non-hydrogen) atoms. The van der Waals surface area contributed by atoms with E-state index in [4.69, 9.17) is 62.5 Å². The van der Waals surface area contributed by atoms with Crippen molar-refractivity contribution in [3.05, 3.63) is 30.3 Å². The van der Waals surface area contributed by atoms with Gasteiger partial charge in [-0.1, -0.05) is 0 Å². The first-order valence-electron chi connectivity index (χ1n) is 4.50. The summed E-state index contributed by atoms with van der Waals surface area (Å²) in [6.45, 7) is 0. The van der Waals surface area contributed by atoms with Crippen molar-refractivity contribution in [2.75, 3.05) is 0 Å². The van der Waals surface area contributed by atoms with Crippen molar-refractivity contribution in [1.82, 2.24) is 0 Å². The van der Waals surface area contributed by atoms with Gasteiger partial charge in [0.05, 0.1) is 0 Å². The van der Waals surface area contributed by atoms with E-state index in [1.807, 2.05) is 0 Å². The number of rotatable bonds is 4. The third-order valence-electron chi connectivity index (χ3n) is 1.02. The normalized spacial score (nSPS) is 8.95. The fourth-order valence-corrected chi connectivity index (χ4v) is 0.421. The average molecular weight is 335 g/mol. The van der Waals surface area contributed by atoms with E-state index in [0.717, 1.165) is 0 Å². The topological polar surface area (TPSA) is 297 Å². The minimum Gasteiger partial charge on any atom is -0.480 e. The van der Waals surface area contributed by atoms with Crippen LogP contribution in [0.25, 0.3) is 0 Å². The van der Waals surface area contributed by atoms with Gasteiger partial charge in [-0.3, -0.25) is 9.59 Å². The van der Waals surface area contributed by atoms with Gasteiger partial charge in [-0.05, 0) is 6.42 Å². The molecular weight excluding hydrogens is 322 g/mol. The third-order valence-corrected chi connectivity index (χ3v) is 1.02. The SMILES string of the molecule is NC(=O)CCC(N)C(=O)O.O=[N+]([O-])O.O=[N+]([O-])O.O=[N+]([O-])O. The molecule has 0 radical (unpaired) electrons. The average Bonchev–Trinajstić information content (AvgIpc) is 2.22. The first-order valence-corrected chi connectivity index (χ1v) is 4.50. The Bertz CT molecular complexity index is 330. The molecule has 0 fully saturated rings. The number of carbonyl (C=O) groups excluding carboxylic acids is 1. The van der Waals surface area contributed by atoms with Crippen molar-refractivity contribution in [2.45, 2.75) is 18.9 Å². The van der Waals surface area contributed by atoms with Crippen LogP contribution in [0.5, 0.6) is 0 Å². The van der Waals surface area contributed by atoms with Gasteiger partial charge in [-0.25, -0.2) is 0 Å². The lowest BCUT2D eigenvalue weighted by molar-refractivity contribution is -0.742. The number of hydrogen-bond acceptors (Lipinski definition) is 9. The number of nitrogens with two attached hydrogens (primary N) is 2. The van der Waals surface area contributed by atoms with Crippen LogP contribution in [0.4, 0.5) is 0 Å². The Morgan fingerprint density at radius 1 is 0.955 bits per heavy atom. The molecule has 1 unspecified atom stereocenters. The molecule has 0 aliphatic rings. The molecule has 0 aliphatic heterocycles. The van der Waals surface area contributed by atoms with Crippen LogP contribution >= 0.6 is 0 Å². The Morgan fingerprint density at radius 2 is 1.18 bits per heavy atom. The van der Waals surface area contributed by atoms with Gasteiger partial charge >= 0.3 is 5.97 Å². The maximum Gasteiger partial charge on any atom is 0.320 e. The minimum absolute atomic E-state index is 0.0213. The molecule has 8 N–H and O–H groups in total. The van der Waals surface area contributed by atoms with Crippen molar-refractivity contribution >= 4 is 11.9 Å². The summed E-state index contributed by atoms with van der Waals surface area (Å²) in [5.41, 5.74) is 9.81. The molecule has 0 saturated heterocycles. The molecule has 1 amide bonds. The van der Waals surface area contributed by atoms with Crippen LogP contribution in [0.3, 0.4) is 0 Å². The van der Waals surface area contributed by atoms with Gasteiger partial charge < -0.3 is 32.2 Å². The highest BCUT2D eigenvalue weighted by molar-refractivity contribution is 5.76. The summed E-state index contributed by atoms with van der Waals surface area (Å²) in [7, 11) is 0. The zero-order chi connectivity index (χ0) is 18.9. The second kappa shape index (κ2) is 17.5. The smallest absolute Gasteiger partial charge is 0.320 e. The lowest BCUT2D eigenvalue weighted by Crippen LogP contribution is -2.31. The number of nitrogens with zero attached hydrogens (tertiary/aromatic N) is 3. The predicted octanol–water partition coefficient (Wildman–Crippen LogP) is -2.38. The first kappa shape index (κ1) is 26.9. The largest absolute Gasteiger partial charge is 0.480 e. The molecule has 17 heteroatoms. The van der Waals surface area contributed by atoms with Crippen LogP contribution in [0.1, 0.15) is 12.8 Å². The zero-order valence-electron chi connectivity index (χ0n) is 10.5. The summed E-state index contributed by atoms with van der Waals surface area (Å²) in [6.07, 6.45) is 0.123. The van der Waals surface area contributed by atoms with E-state index in [0.29, 0.717) is 0 Å². The molecule has 1 atom stereocenters. The molecule has 0 saturated carbocycles. The number of hydrogen-bond donors (Lipinski definition) is 6. The highest BCUT2D eigenvalue weighted by Gasteiger charge is 2.11. The van der Waals surface area contributed by atoms with Crippen LogP contribution in [0, 0.1) is 30.3 Å². The van der Waals surface area contributed by atoms with Crippen molar-refractivity contribution in [3.8, 4) is 0 Å². The van der Waals surface area contributed by atoms with Gasteiger partial charge in [0.1, 0.15) is 6.04 Å². The minimum atomic E-state index is -1.50. The standard InChI is InChI=1S/C5H10N2O3.3HNO3/c6-3(5(9)10)1-2-4(7)8;3*2-1(3)4/h3H,1-2,6H2,(H2,7,8)(H,9,10);3*(H,2,3,4). The monoisotopic (exact) mass is 335 g/mol. The van der Waals surface area contributed by atoms with E-state index < -0.39 is 33.2 Å². The molecule has 0 aliphatic carbocycles. The Morgan fingerprint density at radius 3 is 1.32 bits per heavy atom. The molecule has 0 aromatic heterocycles. The summed E-state index contributed by atoms with van der Waals surface area (Å²) in [5, 5.41) is 49.1. The number of carboxylic acids is 1. The molecule has 0 bridgehead atoms. The Balaban J connectivity index is -0.000000112. The van der Waals surface area contributed by atoms with E-state index in [2.05, 4.69) is 0 Å². The van der Waals surface area contributed by atoms with Crippen LogP contribution < -0.4 is 11.5 Å². The van der Waals surface area contributed by atoms with Gasteiger partial charge in [0.2, 0.25) is 5.91 Å². The van der Waals surface area contributed by atoms with Gasteiger partial charge in [-0.15, -0.1) is 30.3 Å². The van der Waals surface area contributed by atoms with E-state index in [1.54, 1.807) is 0 Å². The maximum absolute atomic E-state index is 10.1. The fraction of sp³-hybridized carbons (Fsp3) is 0.600. The van der Waals surface area contributed by atoms with Gasteiger partial charge in [0.15, 0.2) is 0 Å². The lowest BCUT2D eigenvalue weighted by atomic mass is 10.2. The fourth-order valence-electron chi connectivity index (χ4n) is 0.421. The van der Waals surface area contributed by atoms with Gasteiger partial charge in [0, 0.05) is 6.42 Å². The summed E-state index contributed by atoms with van der Waals surface area (Å²) in [6, 6.07) is -0.979. The maximum atomic E-state index is 10.1. The third kappa shape index (κ3) is 131. The summed E-state index contributed by atoms with van der Waals surface area (Å²) in [5.74, 6) is -1.64. The molecule has 0 rings (SSSR count). The molecule has 0 aromatic carbocycles. The lowest BCUT2D eigenvalue weighted by Gasteiger charge is -2.01. The van der Waals surface area contributed by atoms with Crippen molar-refractivity contribution < 1.29 is 45.6 Å². The number of aliphatic carboxylic acids is 1. The molecular formula is C5H13N5O12. The van der Waals surface area contributed by atoms with Gasteiger partial charge in [-0.2, -0.15) is 0 Å². The van der Waals surface area contributed by atoms with E-state index in [9.17, 15) is 9.59 Å². The molecule has 0 aromatic rings. The second-order valence-electron chi connectivity index (χ2n) is 2.66. The van der Waals surface area contributed by atoms with Crippen LogP contribution in [0.15, 0.2) is 0 Å². The first-order chi connectivity index (χ1) is 9.73. The van der Waals surface area contributed by atoms with Crippen molar-refractivity contribution in [2.24, 2.45) is 11.5 Å². The van der Waals surface area contributed by atoms with Crippen LogP contribution in [0.2, 0.25) is 0 Å². The zero-order valence-corrected chi connectivity index (χ0v) is 10.5. The molecule has 130 valence electrons. The van der Waals surface area contributed by atoms with Crippen LogP contribution in [-0.4, -0.2) is 53.9 Å². The quantitative estimate of drug-likeness (QED) is 0.231. The highest BCUT2D eigenvalue weighted by atomic mass is 16.9. The summed E-state index contributed by atoms with van der Waals surface area (Å²) in [4.78, 5) is 45.2. The van der Waals surface area contributed by atoms with Crippen molar-refractivity contribution in [1.29, 1.82) is 0 Å². The molecule has 0 spiro atoms. The Labute approximate surface area is 119 Å². The number of carbonyl (C=O) groups is 2. The van der Waals surface area contributed by atoms with Gasteiger partial charge in [0.25, 0.3) is 15.3 Å². The number of primary amides is 1. The van der Waals surface area contributed by atoms with Crippen LogP contribution in [-0.2, 0) is 9.59 Å². The second-order valence-corrected chi connectivity index (χ2v) is 2.66. The molecule has 17 nitrogen and oxygen atoms in total. The van der Waals surface area contributed by atoms with E-state index >= 15 is 0 Å².